The molecule has 0 saturated carbocycles. The molecule has 2 N–H and O–H groups in total. The standard InChI is InChI=1S/C11H14FIN2/c12-8-3-4-11(10(13)6-8)15-5-1-2-9(14)7-15/h3-4,6,9H,1-2,5,7,14H2. The molecule has 2 nitrogen and oxygen atoms in total. The molecule has 1 atom stereocenters. The van der Waals surface area contributed by atoms with Crippen molar-refractivity contribution in [3.63, 3.8) is 0 Å². The van der Waals surface area contributed by atoms with Crippen molar-refractivity contribution in [2.24, 2.45) is 5.73 Å². The Labute approximate surface area is 103 Å². The summed E-state index contributed by atoms with van der Waals surface area (Å²) in [6, 6.07) is 5.17. The topological polar surface area (TPSA) is 29.3 Å². The van der Waals surface area contributed by atoms with Gasteiger partial charge >= 0.3 is 0 Å². The maximum absolute atomic E-state index is 12.9. The molecule has 1 aromatic rings. The Morgan fingerprint density at radius 2 is 2.27 bits per heavy atom. The van der Waals surface area contributed by atoms with Crippen LogP contribution >= 0.6 is 22.6 Å². The second-order valence-corrected chi connectivity index (χ2v) is 5.11. The Morgan fingerprint density at radius 1 is 1.47 bits per heavy atom. The van der Waals surface area contributed by atoms with E-state index >= 15 is 0 Å². The normalized spacial score (nSPS) is 21.8. The highest BCUT2D eigenvalue weighted by Crippen LogP contribution is 2.25. The SMILES string of the molecule is NC1CCCN(c2ccc(F)cc2I)C1. The number of rotatable bonds is 1. The Hall–Kier alpha value is -0.360. The highest BCUT2D eigenvalue weighted by Gasteiger charge is 2.18. The second-order valence-electron chi connectivity index (χ2n) is 3.94. The summed E-state index contributed by atoms with van der Waals surface area (Å²) in [6.45, 7) is 1.90. The molecule has 82 valence electrons. The van der Waals surface area contributed by atoms with Crippen molar-refractivity contribution in [1.82, 2.24) is 0 Å². The van der Waals surface area contributed by atoms with Crippen LogP contribution in [0, 0.1) is 9.39 Å². The van der Waals surface area contributed by atoms with E-state index in [1.54, 1.807) is 6.07 Å². The predicted octanol–water partition coefficient (Wildman–Crippen LogP) is 2.36. The Kier molecular flexibility index (Phi) is 3.45. The maximum Gasteiger partial charge on any atom is 0.124 e. The second kappa shape index (κ2) is 4.65. The van der Waals surface area contributed by atoms with Crippen LogP contribution in [0.25, 0.3) is 0 Å². The number of nitrogens with two attached hydrogens (primary N) is 1. The van der Waals surface area contributed by atoms with Gasteiger partial charge in [-0.2, -0.15) is 0 Å². The highest BCUT2D eigenvalue weighted by atomic mass is 127. The van der Waals surface area contributed by atoms with Crippen molar-refractivity contribution in [2.75, 3.05) is 18.0 Å². The fraction of sp³-hybridized carbons (Fsp3) is 0.455. The zero-order valence-electron chi connectivity index (χ0n) is 8.42. The van der Waals surface area contributed by atoms with E-state index in [9.17, 15) is 4.39 Å². The van der Waals surface area contributed by atoms with Crippen LogP contribution in [-0.4, -0.2) is 19.1 Å². The predicted molar refractivity (Wildman–Crippen MR) is 68.5 cm³/mol. The van der Waals surface area contributed by atoms with Gasteiger partial charge in [0.05, 0.1) is 5.69 Å². The molecule has 0 bridgehead atoms. The molecule has 0 amide bonds. The number of piperidine rings is 1. The monoisotopic (exact) mass is 320 g/mol. The molecule has 1 aliphatic rings. The van der Waals surface area contributed by atoms with Crippen LogP contribution in [0.3, 0.4) is 0 Å². The first-order valence-electron chi connectivity index (χ1n) is 5.12. The van der Waals surface area contributed by atoms with Gasteiger partial charge in [-0.3, -0.25) is 0 Å². The molecule has 1 aliphatic heterocycles. The van der Waals surface area contributed by atoms with Gasteiger partial charge in [-0.1, -0.05) is 0 Å². The largest absolute Gasteiger partial charge is 0.369 e. The van der Waals surface area contributed by atoms with Gasteiger partial charge in [0.25, 0.3) is 0 Å². The summed E-state index contributed by atoms with van der Waals surface area (Å²) in [5.41, 5.74) is 7.03. The lowest BCUT2D eigenvalue weighted by atomic mass is 10.1. The number of hydrogen-bond acceptors (Lipinski definition) is 2. The smallest absolute Gasteiger partial charge is 0.124 e. The van der Waals surface area contributed by atoms with Crippen molar-refractivity contribution >= 4 is 28.3 Å². The molecular formula is C11H14FIN2. The van der Waals surface area contributed by atoms with Gasteiger partial charge < -0.3 is 10.6 Å². The number of hydrogen-bond donors (Lipinski definition) is 1. The van der Waals surface area contributed by atoms with E-state index in [1.165, 1.54) is 6.07 Å². The van der Waals surface area contributed by atoms with E-state index in [-0.39, 0.29) is 11.9 Å². The van der Waals surface area contributed by atoms with E-state index < -0.39 is 0 Å². The molecule has 2 rings (SSSR count). The summed E-state index contributed by atoms with van der Waals surface area (Å²) in [7, 11) is 0. The first-order valence-corrected chi connectivity index (χ1v) is 6.20. The lowest BCUT2D eigenvalue weighted by molar-refractivity contribution is 0.505. The van der Waals surface area contributed by atoms with Gasteiger partial charge in [0.15, 0.2) is 0 Å². The average Bonchev–Trinajstić information content (AvgIpc) is 2.17. The average molecular weight is 320 g/mol. The van der Waals surface area contributed by atoms with Gasteiger partial charge in [-0.15, -0.1) is 0 Å². The highest BCUT2D eigenvalue weighted by molar-refractivity contribution is 14.1. The molecule has 0 aromatic heterocycles. The quantitative estimate of drug-likeness (QED) is 0.805. The first kappa shape index (κ1) is 11.1. The lowest BCUT2D eigenvalue weighted by Gasteiger charge is -2.33. The number of nitrogens with zero attached hydrogens (tertiary/aromatic N) is 1. The summed E-state index contributed by atoms with van der Waals surface area (Å²) < 4.78 is 13.9. The molecule has 0 radical (unpaired) electrons. The molecule has 1 aromatic carbocycles. The molecule has 0 spiro atoms. The van der Waals surface area contributed by atoms with Gasteiger partial charge in [-0.25, -0.2) is 4.39 Å². The van der Waals surface area contributed by atoms with Crippen LogP contribution in [0.5, 0.6) is 0 Å². The van der Waals surface area contributed by atoms with Crippen LogP contribution in [-0.2, 0) is 0 Å². The van der Waals surface area contributed by atoms with Crippen molar-refractivity contribution in [1.29, 1.82) is 0 Å². The minimum Gasteiger partial charge on any atom is -0.369 e. The molecular weight excluding hydrogens is 306 g/mol. The third-order valence-corrected chi connectivity index (χ3v) is 3.57. The van der Waals surface area contributed by atoms with Crippen LogP contribution in [0.15, 0.2) is 18.2 Å². The van der Waals surface area contributed by atoms with Crippen molar-refractivity contribution in [2.45, 2.75) is 18.9 Å². The summed E-state index contributed by atoms with van der Waals surface area (Å²) in [4.78, 5) is 2.25. The number of anilines is 1. The molecule has 1 saturated heterocycles. The summed E-state index contributed by atoms with van der Waals surface area (Å²) in [5, 5.41) is 0. The van der Waals surface area contributed by atoms with Crippen LogP contribution in [0.4, 0.5) is 10.1 Å². The maximum atomic E-state index is 12.9. The van der Waals surface area contributed by atoms with Crippen molar-refractivity contribution in [3.8, 4) is 0 Å². The van der Waals surface area contributed by atoms with Crippen LogP contribution in [0.2, 0.25) is 0 Å². The van der Waals surface area contributed by atoms with Crippen LogP contribution in [0.1, 0.15) is 12.8 Å². The minimum absolute atomic E-state index is 0.176. The van der Waals surface area contributed by atoms with Crippen molar-refractivity contribution in [3.05, 3.63) is 27.6 Å². The molecule has 4 heteroatoms. The Bertz CT molecular complexity index is 356. The van der Waals surface area contributed by atoms with Crippen LogP contribution < -0.4 is 10.6 Å². The minimum atomic E-state index is -0.176. The van der Waals surface area contributed by atoms with E-state index in [4.69, 9.17) is 5.73 Å². The van der Waals surface area contributed by atoms with Crippen molar-refractivity contribution < 1.29 is 4.39 Å². The molecule has 1 fully saturated rings. The molecule has 0 aliphatic carbocycles. The lowest BCUT2D eigenvalue weighted by Crippen LogP contribution is -2.43. The zero-order chi connectivity index (χ0) is 10.8. The van der Waals surface area contributed by atoms with E-state index in [1.807, 2.05) is 6.07 Å². The van der Waals surface area contributed by atoms with E-state index in [2.05, 4.69) is 27.5 Å². The summed E-state index contributed by atoms with van der Waals surface area (Å²) in [6.07, 6.45) is 2.21. The third kappa shape index (κ3) is 2.60. The fourth-order valence-electron chi connectivity index (χ4n) is 1.97. The van der Waals surface area contributed by atoms with E-state index in [0.717, 1.165) is 35.2 Å². The molecule has 1 unspecified atom stereocenters. The number of halogens is 2. The summed E-state index contributed by atoms with van der Waals surface area (Å²) in [5.74, 6) is -0.176. The van der Waals surface area contributed by atoms with Gasteiger partial charge in [0.2, 0.25) is 0 Å². The third-order valence-electron chi connectivity index (χ3n) is 2.71. The molecule has 1 heterocycles. The van der Waals surface area contributed by atoms with Gasteiger partial charge in [0, 0.05) is 22.7 Å². The first-order chi connectivity index (χ1) is 7.16. The number of benzene rings is 1. The van der Waals surface area contributed by atoms with E-state index in [0.29, 0.717) is 0 Å². The van der Waals surface area contributed by atoms with Gasteiger partial charge in [0.1, 0.15) is 5.82 Å². The summed E-state index contributed by atoms with van der Waals surface area (Å²) >= 11 is 2.17. The Morgan fingerprint density at radius 3 is 2.93 bits per heavy atom. The van der Waals surface area contributed by atoms with Gasteiger partial charge in [-0.05, 0) is 53.6 Å². The Balaban J connectivity index is 2.21. The fourth-order valence-corrected chi connectivity index (χ4v) is 2.78. The zero-order valence-corrected chi connectivity index (χ0v) is 10.6. The molecule has 15 heavy (non-hydrogen) atoms.